The van der Waals surface area contributed by atoms with E-state index in [-0.39, 0.29) is 17.5 Å². The molecule has 5 rings (SSSR count). The van der Waals surface area contributed by atoms with E-state index in [1.54, 1.807) is 10.7 Å². The summed E-state index contributed by atoms with van der Waals surface area (Å²) in [5.74, 6) is -0.00533. The van der Waals surface area contributed by atoms with Crippen molar-refractivity contribution in [2.45, 2.75) is 38.1 Å². The summed E-state index contributed by atoms with van der Waals surface area (Å²) in [6.45, 7) is -0.0145. The maximum absolute atomic E-state index is 12.4. The van der Waals surface area contributed by atoms with Crippen LogP contribution in [0, 0.1) is 6.92 Å². The molecule has 2 aromatic heterocycles. The van der Waals surface area contributed by atoms with Gasteiger partial charge in [-0.15, -0.1) is 13.2 Å². The van der Waals surface area contributed by atoms with E-state index >= 15 is 0 Å². The second-order valence-corrected chi connectivity index (χ2v) is 8.22. The number of halogens is 3. The molecular formula is C24H21F3N4O3. The highest BCUT2D eigenvalue weighted by molar-refractivity contribution is 5.59. The molecule has 0 amide bonds. The molecule has 1 saturated carbocycles. The van der Waals surface area contributed by atoms with Crippen LogP contribution in [0.3, 0.4) is 0 Å². The average Bonchev–Trinajstić information content (AvgIpc) is 3.36. The minimum Gasteiger partial charge on any atom is -0.406 e. The van der Waals surface area contributed by atoms with E-state index in [1.165, 1.54) is 24.3 Å². The first-order valence-electron chi connectivity index (χ1n) is 11.5. The Balaban J connectivity index is 1.33. The van der Waals surface area contributed by atoms with Gasteiger partial charge in [-0.1, -0.05) is 29.4 Å². The molecule has 0 radical (unpaired) electrons. The summed E-state index contributed by atoms with van der Waals surface area (Å²) < 4.78 is 63.6. The highest BCUT2D eigenvalue weighted by Crippen LogP contribution is 2.47. The van der Waals surface area contributed by atoms with Crippen molar-refractivity contribution in [1.82, 2.24) is 19.9 Å². The van der Waals surface area contributed by atoms with Crippen LogP contribution < -0.4 is 4.74 Å². The molecule has 0 saturated heterocycles. The summed E-state index contributed by atoms with van der Waals surface area (Å²) in [4.78, 5) is 4.31. The third kappa shape index (κ3) is 4.54. The first kappa shape index (κ1) is 19.8. The molecule has 1 fully saturated rings. The lowest BCUT2D eigenvalue weighted by molar-refractivity contribution is -0.274. The van der Waals surface area contributed by atoms with Crippen LogP contribution in [0.4, 0.5) is 13.2 Å². The van der Waals surface area contributed by atoms with Gasteiger partial charge in [-0.3, -0.25) is 4.68 Å². The van der Waals surface area contributed by atoms with Crippen molar-refractivity contribution in [1.29, 1.82) is 0 Å². The molecule has 34 heavy (non-hydrogen) atoms. The Bertz CT molecular complexity index is 1390. The van der Waals surface area contributed by atoms with Gasteiger partial charge in [0.2, 0.25) is 5.82 Å². The van der Waals surface area contributed by atoms with Crippen molar-refractivity contribution in [2.75, 3.05) is 6.56 Å². The quantitative estimate of drug-likeness (QED) is 0.413. The van der Waals surface area contributed by atoms with Gasteiger partial charge in [0.15, 0.2) is 5.69 Å². The Labute approximate surface area is 195 Å². The molecule has 7 nitrogen and oxygen atoms in total. The SMILES string of the molecule is [2H]C([2H])(O)C1(c2cccc(Cn3nc(-c4nc(-c5ccc(OC(F)(F)F)cc5)no4)cc3C)c2)CC1. The fourth-order valence-corrected chi connectivity index (χ4v) is 3.76. The second kappa shape index (κ2) is 8.28. The number of ether oxygens (including phenoxy) is 1. The van der Waals surface area contributed by atoms with Crippen molar-refractivity contribution in [3.8, 4) is 28.7 Å². The van der Waals surface area contributed by atoms with Crippen molar-refractivity contribution in [3.05, 3.63) is 71.4 Å². The molecule has 0 bridgehead atoms. The van der Waals surface area contributed by atoms with Crippen LogP contribution in [0.25, 0.3) is 23.0 Å². The topological polar surface area (TPSA) is 86.2 Å². The number of aryl methyl sites for hydroxylation is 1. The van der Waals surface area contributed by atoms with E-state index in [4.69, 9.17) is 7.26 Å². The minimum atomic E-state index is -4.77. The summed E-state index contributed by atoms with van der Waals surface area (Å²) in [5, 5.41) is 18.4. The standard InChI is InChI=1S/C24H21F3N4O3/c1-15-11-20(29-31(15)13-16-3-2-4-18(12-16)23(14-32)9-10-23)22-28-21(30-34-22)17-5-7-19(8-6-17)33-24(25,26)27/h2-8,11-12,32H,9-10,13-14H2,1H3/i14D2. The lowest BCUT2D eigenvalue weighted by Gasteiger charge is -2.14. The van der Waals surface area contributed by atoms with Gasteiger partial charge in [0.25, 0.3) is 5.89 Å². The fraction of sp³-hybridized carbons (Fsp3) is 0.292. The third-order valence-corrected chi connectivity index (χ3v) is 5.75. The molecule has 0 unspecified atom stereocenters. The van der Waals surface area contributed by atoms with Crippen molar-refractivity contribution in [3.63, 3.8) is 0 Å². The molecule has 4 aromatic rings. The largest absolute Gasteiger partial charge is 0.573 e. The molecule has 0 spiro atoms. The summed E-state index contributed by atoms with van der Waals surface area (Å²) >= 11 is 0. The van der Waals surface area contributed by atoms with Gasteiger partial charge in [0, 0.05) is 16.7 Å². The predicted molar refractivity (Wildman–Crippen MR) is 116 cm³/mol. The van der Waals surface area contributed by atoms with Gasteiger partial charge in [0.1, 0.15) is 5.75 Å². The zero-order valence-corrected chi connectivity index (χ0v) is 18.0. The van der Waals surface area contributed by atoms with E-state index in [9.17, 15) is 18.3 Å². The molecule has 2 heterocycles. The summed E-state index contributed by atoms with van der Waals surface area (Å²) in [5.41, 5.74) is 2.49. The summed E-state index contributed by atoms with van der Waals surface area (Å²) in [7, 11) is 0. The molecule has 1 N–H and O–H groups in total. The molecule has 0 aliphatic heterocycles. The van der Waals surface area contributed by atoms with Gasteiger partial charge in [0.05, 0.1) is 15.8 Å². The van der Waals surface area contributed by atoms with Gasteiger partial charge in [-0.2, -0.15) is 10.1 Å². The highest BCUT2D eigenvalue weighted by atomic mass is 19.4. The maximum Gasteiger partial charge on any atom is 0.573 e. The molecule has 10 heteroatoms. The zero-order chi connectivity index (χ0) is 25.7. The van der Waals surface area contributed by atoms with Gasteiger partial charge in [-0.05, 0) is 61.2 Å². The van der Waals surface area contributed by atoms with Gasteiger partial charge < -0.3 is 14.4 Å². The number of benzene rings is 2. The Morgan fingerprint density at radius 1 is 1.18 bits per heavy atom. The summed E-state index contributed by atoms with van der Waals surface area (Å²) in [6.07, 6.45) is -3.60. The Kier molecular flexibility index (Phi) is 4.82. The fourth-order valence-electron chi connectivity index (χ4n) is 3.76. The minimum absolute atomic E-state index is 0.154. The number of hydrogen-bond acceptors (Lipinski definition) is 6. The number of alkyl halides is 3. The number of aromatic nitrogens is 4. The summed E-state index contributed by atoms with van der Waals surface area (Å²) in [6, 6.07) is 14.4. The van der Waals surface area contributed by atoms with E-state index in [0.29, 0.717) is 30.6 Å². The number of rotatable bonds is 7. The lowest BCUT2D eigenvalue weighted by Crippen LogP contribution is -2.16. The van der Waals surface area contributed by atoms with Gasteiger partial charge in [-0.25, -0.2) is 0 Å². The Morgan fingerprint density at radius 2 is 1.94 bits per heavy atom. The normalized spacial score (nSPS) is 16.1. The Morgan fingerprint density at radius 3 is 2.62 bits per heavy atom. The number of hydrogen-bond donors (Lipinski definition) is 1. The van der Waals surface area contributed by atoms with Crippen LogP contribution in [0.1, 0.15) is 32.4 Å². The zero-order valence-electron chi connectivity index (χ0n) is 20.0. The van der Waals surface area contributed by atoms with Crippen LogP contribution >= 0.6 is 0 Å². The molecular weight excluding hydrogens is 449 g/mol. The van der Waals surface area contributed by atoms with E-state index in [0.717, 1.165) is 16.8 Å². The molecule has 1 aliphatic carbocycles. The van der Waals surface area contributed by atoms with Crippen LogP contribution in [0.2, 0.25) is 0 Å². The van der Waals surface area contributed by atoms with Crippen LogP contribution in [-0.4, -0.2) is 37.9 Å². The highest BCUT2D eigenvalue weighted by Gasteiger charge is 2.43. The second-order valence-electron chi connectivity index (χ2n) is 8.22. The number of aliphatic hydroxyl groups is 1. The van der Waals surface area contributed by atoms with Crippen molar-refractivity contribution < 1.29 is 30.3 Å². The number of nitrogens with zero attached hydrogens (tertiary/aromatic N) is 4. The van der Waals surface area contributed by atoms with Crippen molar-refractivity contribution >= 4 is 0 Å². The van der Waals surface area contributed by atoms with Crippen LogP contribution in [-0.2, 0) is 12.0 Å². The smallest absolute Gasteiger partial charge is 0.406 e. The van der Waals surface area contributed by atoms with Gasteiger partial charge >= 0.3 is 6.36 Å². The average molecular weight is 472 g/mol. The van der Waals surface area contributed by atoms with E-state index in [2.05, 4.69) is 20.0 Å². The monoisotopic (exact) mass is 472 g/mol. The lowest BCUT2D eigenvalue weighted by atomic mass is 9.95. The predicted octanol–water partition coefficient (Wildman–Crippen LogP) is 4.88. The van der Waals surface area contributed by atoms with Crippen LogP contribution in [0.5, 0.6) is 5.75 Å². The maximum atomic E-state index is 12.4. The molecule has 0 atom stereocenters. The molecule has 2 aromatic carbocycles. The Hall–Kier alpha value is -3.66. The molecule has 1 aliphatic rings. The van der Waals surface area contributed by atoms with Crippen molar-refractivity contribution in [2.24, 2.45) is 0 Å². The molecule has 176 valence electrons. The third-order valence-electron chi connectivity index (χ3n) is 5.75. The first-order chi connectivity index (χ1) is 16.9. The van der Waals surface area contributed by atoms with Crippen LogP contribution in [0.15, 0.2) is 59.1 Å². The first-order valence-corrected chi connectivity index (χ1v) is 10.5. The van der Waals surface area contributed by atoms with E-state index in [1.807, 2.05) is 31.2 Å². The van der Waals surface area contributed by atoms with E-state index < -0.39 is 18.3 Å².